The summed E-state index contributed by atoms with van der Waals surface area (Å²) >= 11 is 0. The molecule has 0 unspecified atom stereocenters. The maximum absolute atomic E-state index is 12.3. The summed E-state index contributed by atoms with van der Waals surface area (Å²) in [6.45, 7) is 1.52. The first kappa shape index (κ1) is 17.0. The lowest BCUT2D eigenvalue weighted by atomic mass is 10.1. The van der Waals surface area contributed by atoms with Crippen molar-refractivity contribution in [2.24, 2.45) is 0 Å². The highest BCUT2D eigenvalue weighted by Crippen LogP contribution is 2.20. The summed E-state index contributed by atoms with van der Waals surface area (Å²) in [7, 11) is 7.28. The highest BCUT2D eigenvalue weighted by atomic mass is 16.4. The number of anilines is 1. The summed E-state index contributed by atoms with van der Waals surface area (Å²) in [5.41, 5.74) is 0.518. The first-order valence-corrected chi connectivity index (χ1v) is 6.80. The Morgan fingerprint density at radius 1 is 1.05 bits per heavy atom. The van der Waals surface area contributed by atoms with Crippen LogP contribution in [0.5, 0.6) is 0 Å². The first-order chi connectivity index (χ1) is 9.84. The van der Waals surface area contributed by atoms with Gasteiger partial charge in [0, 0.05) is 20.6 Å². The van der Waals surface area contributed by atoms with Crippen molar-refractivity contribution >= 4 is 17.7 Å². The van der Waals surface area contributed by atoms with Gasteiger partial charge in [-0.15, -0.1) is 0 Å². The summed E-state index contributed by atoms with van der Waals surface area (Å²) < 4.78 is 0. The third kappa shape index (κ3) is 4.75. The number of rotatable bonds is 6. The monoisotopic (exact) mass is 293 g/mol. The Morgan fingerprint density at radius 3 is 2.24 bits per heavy atom. The molecule has 1 rings (SSSR count). The van der Waals surface area contributed by atoms with Crippen molar-refractivity contribution in [3.8, 4) is 0 Å². The van der Waals surface area contributed by atoms with Crippen molar-refractivity contribution in [2.75, 3.05) is 46.2 Å². The van der Waals surface area contributed by atoms with E-state index in [1.807, 2.05) is 14.1 Å². The molecule has 0 heterocycles. The van der Waals surface area contributed by atoms with E-state index in [1.54, 1.807) is 37.2 Å². The van der Waals surface area contributed by atoms with Crippen LogP contribution in [0.4, 0.5) is 10.5 Å². The van der Waals surface area contributed by atoms with Gasteiger partial charge in [-0.2, -0.15) is 0 Å². The minimum Gasteiger partial charge on any atom is -0.478 e. The fourth-order valence-electron chi connectivity index (χ4n) is 2.03. The first-order valence-electron chi connectivity index (χ1n) is 6.80. The Morgan fingerprint density at radius 2 is 1.67 bits per heavy atom. The number of carboxylic acid groups (broad SMARTS) is 1. The smallest absolute Gasteiger partial charge is 0.337 e. The average Bonchev–Trinajstić information content (AvgIpc) is 2.45. The van der Waals surface area contributed by atoms with Crippen molar-refractivity contribution in [2.45, 2.75) is 6.42 Å². The SMILES string of the molecule is CN(C)CCCN(C)C(=O)N(C)c1ccccc1C(=O)O. The molecule has 0 fully saturated rings. The molecule has 1 N–H and O–H groups in total. The lowest BCUT2D eigenvalue weighted by Gasteiger charge is -2.26. The van der Waals surface area contributed by atoms with Crippen molar-refractivity contribution < 1.29 is 14.7 Å². The van der Waals surface area contributed by atoms with Crippen LogP contribution in [0.2, 0.25) is 0 Å². The van der Waals surface area contributed by atoms with Crippen molar-refractivity contribution in [3.63, 3.8) is 0 Å². The minimum atomic E-state index is -1.04. The number of carbonyl (C=O) groups is 2. The number of amides is 2. The Bertz CT molecular complexity index is 503. The molecule has 0 saturated heterocycles. The molecule has 0 aliphatic carbocycles. The Labute approximate surface area is 125 Å². The molecule has 0 radical (unpaired) electrons. The highest BCUT2D eigenvalue weighted by molar-refractivity contribution is 6.00. The van der Waals surface area contributed by atoms with Crippen molar-refractivity contribution in [3.05, 3.63) is 29.8 Å². The topological polar surface area (TPSA) is 64.1 Å². The number of nitrogens with zero attached hydrogens (tertiary/aromatic N) is 3. The van der Waals surface area contributed by atoms with Gasteiger partial charge in [0.1, 0.15) is 0 Å². The summed E-state index contributed by atoms with van der Waals surface area (Å²) in [5.74, 6) is -1.04. The summed E-state index contributed by atoms with van der Waals surface area (Å²) in [4.78, 5) is 28.6. The van der Waals surface area contributed by atoms with Crippen LogP contribution in [0.1, 0.15) is 16.8 Å². The van der Waals surface area contributed by atoms with E-state index in [4.69, 9.17) is 0 Å². The van der Waals surface area contributed by atoms with Gasteiger partial charge in [0.2, 0.25) is 0 Å². The van der Waals surface area contributed by atoms with Crippen LogP contribution in [-0.4, -0.2) is 68.2 Å². The van der Waals surface area contributed by atoms with E-state index in [-0.39, 0.29) is 11.6 Å². The van der Waals surface area contributed by atoms with E-state index < -0.39 is 5.97 Å². The highest BCUT2D eigenvalue weighted by Gasteiger charge is 2.20. The van der Waals surface area contributed by atoms with E-state index in [1.165, 1.54) is 11.0 Å². The lowest BCUT2D eigenvalue weighted by Crippen LogP contribution is -2.40. The zero-order valence-corrected chi connectivity index (χ0v) is 13.0. The summed E-state index contributed by atoms with van der Waals surface area (Å²) in [5, 5.41) is 9.18. The number of urea groups is 1. The van der Waals surface area contributed by atoms with Crippen LogP contribution in [0.15, 0.2) is 24.3 Å². The second-order valence-corrected chi connectivity index (χ2v) is 5.24. The van der Waals surface area contributed by atoms with Gasteiger partial charge in [0.25, 0.3) is 0 Å². The maximum atomic E-state index is 12.3. The van der Waals surface area contributed by atoms with Gasteiger partial charge < -0.3 is 14.9 Å². The van der Waals surface area contributed by atoms with Gasteiger partial charge in [-0.25, -0.2) is 9.59 Å². The molecule has 1 aromatic carbocycles. The molecule has 0 saturated carbocycles. The van der Waals surface area contributed by atoms with Crippen LogP contribution in [0.3, 0.4) is 0 Å². The van der Waals surface area contributed by atoms with Gasteiger partial charge in [-0.3, -0.25) is 4.90 Å². The van der Waals surface area contributed by atoms with Crippen molar-refractivity contribution in [1.82, 2.24) is 9.80 Å². The van der Waals surface area contributed by atoms with E-state index >= 15 is 0 Å². The molecule has 0 bridgehead atoms. The zero-order chi connectivity index (χ0) is 16.0. The fraction of sp³-hybridized carbons (Fsp3) is 0.467. The molecule has 0 spiro atoms. The largest absolute Gasteiger partial charge is 0.478 e. The van der Waals surface area contributed by atoms with Gasteiger partial charge in [-0.05, 0) is 39.2 Å². The molecule has 1 aromatic rings. The molecule has 0 aliphatic rings. The number of carbonyl (C=O) groups excluding carboxylic acids is 1. The molecule has 21 heavy (non-hydrogen) atoms. The quantitative estimate of drug-likeness (QED) is 0.869. The van der Waals surface area contributed by atoms with Gasteiger partial charge in [0.15, 0.2) is 0 Å². The molecule has 2 amide bonds. The van der Waals surface area contributed by atoms with Crippen LogP contribution >= 0.6 is 0 Å². The summed E-state index contributed by atoms with van der Waals surface area (Å²) in [6.07, 6.45) is 0.865. The van der Waals surface area contributed by atoms with Crippen LogP contribution < -0.4 is 4.90 Å². The third-order valence-electron chi connectivity index (χ3n) is 3.21. The number of carboxylic acids is 1. The molecule has 0 atom stereocenters. The Kier molecular flexibility index (Phi) is 6.17. The third-order valence-corrected chi connectivity index (χ3v) is 3.21. The molecular weight excluding hydrogens is 270 g/mol. The molecule has 0 aromatic heterocycles. The minimum absolute atomic E-state index is 0.120. The zero-order valence-electron chi connectivity index (χ0n) is 13.0. The predicted octanol–water partition coefficient (Wildman–Crippen LogP) is 1.82. The normalized spacial score (nSPS) is 10.5. The standard InChI is InChI=1S/C15H23N3O3/c1-16(2)10-7-11-17(3)15(21)18(4)13-9-6-5-8-12(13)14(19)20/h5-6,8-9H,7,10-11H2,1-4H3,(H,19,20). The van der Waals surface area contributed by atoms with Gasteiger partial charge in [-0.1, -0.05) is 12.1 Å². The van der Waals surface area contributed by atoms with Gasteiger partial charge >= 0.3 is 12.0 Å². The Balaban J connectivity index is 2.76. The van der Waals surface area contributed by atoms with Crippen LogP contribution in [-0.2, 0) is 0 Å². The second-order valence-electron chi connectivity index (χ2n) is 5.24. The van der Waals surface area contributed by atoms with Crippen molar-refractivity contribution in [1.29, 1.82) is 0 Å². The van der Waals surface area contributed by atoms with Gasteiger partial charge in [0.05, 0.1) is 11.3 Å². The molecule has 6 heteroatoms. The van der Waals surface area contributed by atoms with Crippen LogP contribution in [0, 0.1) is 0 Å². The molecule has 0 aliphatic heterocycles. The molecule has 116 valence electrons. The average molecular weight is 293 g/mol. The predicted molar refractivity (Wildman–Crippen MR) is 83.0 cm³/mol. The number of para-hydroxylation sites is 1. The van der Waals surface area contributed by atoms with E-state index in [0.29, 0.717) is 12.2 Å². The van der Waals surface area contributed by atoms with E-state index in [2.05, 4.69) is 4.90 Å². The number of hydrogen-bond acceptors (Lipinski definition) is 3. The molecular formula is C15H23N3O3. The fourth-order valence-corrected chi connectivity index (χ4v) is 2.03. The van der Waals surface area contributed by atoms with E-state index in [0.717, 1.165) is 13.0 Å². The van der Waals surface area contributed by atoms with Crippen LogP contribution in [0.25, 0.3) is 0 Å². The lowest BCUT2D eigenvalue weighted by molar-refractivity contribution is 0.0697. The number of hydrogen-bond donors (Lipinski definition) is 1. The molecule has 6 nitrogen and oxygen atoms in total. The Hall–Kier alpha value is -2.08. The second kappa shape index (κ2) is 7.64. The maximum Gasteiger partial charge on any atom is 0.337 e. The summed E-state index contributed by atoms with van der Waals surface area (Å²) in [6, 6.07) is 6.27. The number of benzene rings is 1. The van der Waals surface area contributed by atoms with E-state index in [9.17, 15) is 14.7 Å². The number of aromatic carboxylic acids is 1.